The van der Waals surface area contributed by atoms with Gasteiger partial charge in [-0.05, 0) is 36.6 Å². The molecule has 1 fully saturated rings. The summed E-state index contributed by atoms with van der Waals surface area (Å²) in [6.45, 7) is 0. The van der Waals surface area contributed by atoms with Crippen LogP contribution >= 0.6 is 0 Å². The SMILES string of the molecule is COc1ccccc1/C=C1\Oc2cc(OC(=O)CCC3CCCC3)ccc2C1=O. The van der Waals surface area contributed by atoms with Gasteiger partial charge in [0.15, 0.2) is 5.76 Å². The summed E-state index contributed by atoms with van der Waals surface area (Å²) < 4.78 is 16.5. The lowest BCUT2D eigenvalue weighted by Crippen LogP contribution is -2.09. The van der Waals surface area contributed by atoms with Crippen LogP contribution in [-0.2, 0) is 4.79 Å². The van der Waals surface area contributed by atoms with E-state index in [4.69, 9.17) is 14.2 Å². The van der Waals surface area contributed by atoms with E-state index in [-0.39, 0.29) is 17.5 Å². The number of methoxy groups -OCH3 is 1. The van der Waals surface area contributed by atoms with Crippen molar-refractivity contribution in [3.05, 3.63) is 59.4 Å². The first-order valence-electron chi connectivity index (χ1n) is 10.1. The number of fused-ring (bicyclic) bond motifs is 1. The fourth-order valence-corrected chi connectivity index (χ4v) is 3.96. The Bertz CT molecular complexity index is 953. The van der Waals surface area contributed by atoms with Crippen LogP contribution in [0.4, 0.5) is 0 Å². The number of Topliss-reactive ketones (excluding diaryl/α,β-unsaturated/α-hetero) is 1. The molecule has 1 aliphatic carbocycles. The molecule has 0 bridgehead atoms. The van der Waals surface area contributed by atoms with E-state index in [1.54, 1.807) is 31.4 Å². The first-order valence-corrected chi connectivity index (χ1v) is 10.1. The lowest BCUT2D eigenvalue weighted by molar-refractivity contribution is -0.134. The molecule has 0 unspecified atom stereocenters. The van der Waals surface area contributed by atoms with Crippen molar-refractivity contribution in [3.63, 3.8) is 0 Å². The van der Waals surface area contributed by atoms with Gasteiger partial charge in [-0.2, -0.15) is 0 Å². The maximum atomic E-state index is 12.6. The minimum absolute atomic E-state index is 0.204. The zero-order chi connectivity index (χ0) is 20.2. The molecule has 2 aliphatic rings. The van der Waals surface area contributed by atoms with Crippen molar-refractivity contribution in [3.8, 4) is 17.2 Å². The van der Waals surface area contributed by atoms with Gasteiger partial charge in [0.1, 0.15) is 17.2 Å². The number of esters is 1. The van der Waals surface area contributed by atoms with Crippen molar-refractivity contribution in [1.82, 2.24) is 0 Å². The average Bonchev–Trinajstić information content (AvgIpc) is 3.35. The number of allylic oxidation sites excluding steroid dienone is 1. The maximum Gasteiger partial charge on any atom is 0.311 e. The highest BCUT2D eigenvalue weighted by atomic mass is 16.5. The van der Waals surface area contributed by atoms with Gasteiger partial charge >= 0.3 is 5.97 Å². The van der Waals surface area contributed by atoms with Crippen molar-refractivity contribution in [2.24, 2.45) is 5.92 Å². The molecule has 5 nitrogen and oxygen atoms in total. The molecule has 2 aromatic carbocycles. The first-order chi connectivity index (χ1) is 14.1. The number of carbonyl (C=O) groups excluding carboxylic acids is 2. The van der Waals surface area contributed by atoms with E-state index < -0.39 is 0 Å². The van der Waals surface area contributed by atoms with Crippen molar-refractivity contribution < 1.29 is 23.8 Å². The van der Waals surface area contributed by atoms with Gasteiger partial charge in [0.2, 0.25) is 5.78 Å². The number of ketones is 1. The second-order valence-electron chi connectivity index (χ2n) is 7.50. The van der Waals surface area contributed by atoms with Crippen LogP contribution in [0.25, 0.3) is 6.08 Å². The van der Waals surface area contributed by atoms with E-state index >= 15 is 0 Å². The lowest BCUT2D eigenvalue weighted by atomic mass is 10.0. The monoisotopic (exact) mass is 392 g/mol. The molecule has 0 atom stereocenters. The summed E-state index contributed by atoms with van der Waals surface area (Å²) in [4.78, 5) is 24.8. The zero-order valence-electron chi connectivity index (χ0n) is 16.5. The Balaban J connectivity index is 1.44. The van der Waals surface area contributed by atoms with Crippen LogP contribution in [0.5, 0.6) is 17.2 Å². The molecule has 0 amide bonds. The standard InChI is InChI=1S/C24H24O5/c1-27-20-9-5-4-8-17(20)14-22-24(26)19-12-11-18(15-21(19)29-22)28-23(25)13-10-16-6-2-3-7-16/h4-5,8-9,11-12,14-16H,2-3,6-7,10,13H2,1H3/b22-14-. The van der Waals surface area contributed by atoms with Crippen LogP contribution in [0.2, 0.25) is 0 Å². The molecule has 0 aromatic heterocycles. The molecule has 5 heteroatoms. The predicted octanol–water partition coefficient (Wildman–Crippen LogP) is 5.19. The van der Waals surface area contributed by atoms with Gasteiger partial charge in [0.05, 0.1) is 12.7 Å². The fraction of sp³-hybridized carbons (Fsp3) is 0.333. The highest BCUT2D eigenvalue weighted by molar-refractivity contribution is 6.14. The summed E-state index contributed by atoms with van der Waals surface area (Å²) in [5, 5.41) is 0. The van der Waals surface area contributed by atoms with Gasteiger partial charge in [0, 0.05) is 18.1 Å². The molecule has 0 spiro atoms. The second-order valence-corrected chi connectivity index (χ2v) is 7.50. The maximum absolute atomic E-state index is 12.6. The van der Waals surface area contributed by atoms with Crippen LogP contribution in [-0.4, -0.2) is 18.9 Å². The minimum Gasteiger partial charge on any atom is -0.496 e. The van der Waals surface area contributed by atoms with E-state index in [1.165, 1.54) is 25.7 Å². The van der Waals surface area contributed by atoms with Crippen molar-refractivity contribution in [2.45, 2.75) is 38.5 Å². The quantitative estimate of drug-likeness (QED) is 0.385. The average molecular weight is 392 g/mol. The summed E-state index contributed by atoms with van der Waals surface area (Å²) in [7, 11) is 1.58. The number of benzene rings is 2. The van der Waals surface area contributed by atoms with Crippen LogP contribution in [0.1, 0.15) is 54.4 Å². The Morgan fingerprint density at radius 3 is 2.76 bits per heavy atom. The zero-order valence-corrected chi connectivity index (χ0v) is 16.5. The Hall–Kier alpha value is -3.08. The van der Waals surface area contributed by atoms with Crippen LogP contribution in [0.3, 0.4) is 0 Å². The smallest absolute Gasteiger partial charge is 0.311 e. The normalized spacial score (nSPS) is 17.3. The summed E-state index contributed by atoms with van der Waals surface area (Å²) in [5.41, 5.74) is 1.21. The van der Waals surface area contributed by atoms with Crippen LogP contribution in [0.15, 0.2) is 48.2 Å². The fourth-order valence-electron chi connectivity index (χ4n) is 3.96. The highest BCUT2D eigenvalue weighted by Gasteiger charge is 2.28. The molecular formula is C24H24O5. The molecule has 1 saturated carbocycles. The van der Waals surface area contributed by atoms with Crippen LogP contribution in [0, 0.1) is 5.92 Å². The van der Waals surface area contributed by atoms with E-state index in [0.29, 0.717) is 35.2 Å². The molecule has 29 heavy (non-hydrogen) atoms. The molecular weight excluding hydrogens is 368 g/mol. The number of carbonyl (C=O) groups is 2. The Labute approximate surface area is 170 Å². The van der Waals surface area contributed by atoms with Gasteiger partial charge in [-0.25, -0.2) is 0 Å². The summed E-state index contributed by atoms with van der Waals surface area (Å²) >= 11 is 0. The van der Waals surface area contributed by atoms with Crippen LogP contribution < -0.4 is 14.2 Å². The first kappa shape index (κ1) is 19.2. The predicted molar refractivity (Wildman–Crippen MR) is 109 cm³/mol. The number of para-hydroxylation sites is 1. The molecule has 150 valence electrons. The van der Waals surface area contributed by atoms with E-state index in [1.807, 2.05) is 24.3 Å². The van der Waals surface area contributed by atoms with Crippen molar-refractivity contribution >= 4 is 17.8 Å². The summed E-state index contributed by atoms with van der Waals surface area (Å²) in [6.07, 6.45) is 7.91. The van der Waals surface area contributed by atoms with Gasteiger partial charge < -0.3 is 14.2 Å². The Morgan fingerprint density at radius 2 is 1.97 bits per heavy atom. The number of ether oxygens (including phenoxy) is 3. The summed E-state index contributed by atoms with van der Waals surface area (Å²) in [6, 6.07) is 12.3. The van der Waals surface area contributed by atoms with Crippen molar-refractivity contribution in [2.75, 3.05) is 7.11 Å². The van der Waals surface area contributed by atoms with Crippen molar-refractivity contribution in [1.29, 1.82) is 0 Å². The molecule has 2 aromatic rings. The van der Waals surface area contributed by atoms with E-state index in [0.717, 1.165) is 12.0 Å². The Kier molecular flexibility index (Phi) is 5.65. The molecule has 0 saturated heterocycles. The van der Waals surface area contributed by atoms with Gasteiger partial charge in [-0.3, -0.25) is 9.59 Å². The summed E-state index contributed by atoms with van der Waals surface area (Å²) in [5.74, 6) is 1.87. The lowest BCUT2D eigenvalue weighted by Gasteiger charge is -2.09. The molecule has 0 N–H and O–H groups in total. The Morgan fingerprint density at radius 1 is 1.17 bits per heavy atom. The third-order valence-electron chi connectivity index (χ3n) is 5.53. The molecule has 1 heterocycles. The largest absolute Gasteiger partial charge is 0.496 e. The topological polar surface area (TPSA) is 61.8 Å². The second kappa shape index (κ2) is 8.52. The van der Waals surface area contributed by atoms with Gasteiger partial charge in [-0.15, -0.1) is 0 Å². The molecule has 4 rings (SSSR count). The number of hydrogen-bond donors (Lipinski definition) is 0. The van der Waals surface area contributed by atoms with Gasteiger partial charge in [0.25, 0.3) is 0 Å². The van der Waals surface area contributed by atoms with Gasteiger partial charge in [-0.1, -0.05) is 43.9 Å². The third kappa shape index (κ3) is 4.34. The highest BCUT2D eigenvalue weighted by Crippen LogP contribution is 2.36. The van der Waals surface area contributed by atoms with E-state index in [9.17, 15) is 9.59 Å². The van der Waals surface area contributed by atoms with E-state index in [2.05, 4.69) is 0 Å². The molecule has 1 aliphatic heterocycles. The number of rotatable bonds is 6. The third-order valence-corrected chi connectivity index (χ3v) is 5.53. The minimum atomic E-state index is -0.244. The number of hydrogen-bond acceptors (Lipinski definition) is 5. The molecule has 0 radical (unpaired) electrons.